The van der Waals surface area contributed by atoms with Crippen LogP contribution < -0.4 is 4.74 Å². The molecule has 2 aromatic rings. The Hall–Kier alpha value is -1.23. The van der Waals surface area contributed by atoms with Gasteiger partial charge in [-0.05, 0) is 35.7 Å². The Morgan fingerprint density at radius 1 is 1.14 bits per heavy atom. The molecule has 1 N–H and O–H groups in total. The Labute approximate surface area is 142 Å². The van der Waals surface area contributed by atoms with Gasteiger partial charge < -0.3 is 9.84 Å². The van der Waals surface area contributed by atoms with Crippen LogP contribution in [0.4, 0.5) is 0 Å². The minimum Gasteiger partial charge on any atom is -0.491 e. The molecule has 22 heavy (non-hydrogen) atoms. The maximum atomic E-state index is 9.94. The predicted octanol–water partition coefficient (Wildman–Crippen LogP) is 4.16. The molecule has 0 amide bonds. The first-order chi connectivity index (χ1) is 10.1. The normalized spacial score (nSPS) is 11.8. The molecule has 0 fully saturated rings. The maximum Gasteiger partial charge on any atom is 0.119 e. The number of rotatable bonds is 7. The Morgan fingerprint density at radius 2 is 1.86 bits per heavy atom. The first-order valence-corrected chi connectivity index (χ1v) is 8.08. The molecule has 0 bridgehead atoms. The standard InChI is InChI=1S/C17H21NO2S.ClH/c1-13(2)14-6-8-16(9-7-14)20-11-15(19)12-21-17-5-3-4-10-18-17;/h3-10,13,15,19H,11-12H2,1-2H3;1H. The van der Waals surface area contributed by atoms with E-state index in [0.29, 0.717) is 18.3 Å². The van der Waals surface area contributed by atoms with E-state index in [4.69, 9.17) is 4.74 Å². The van der Waals surface area contributed by atoms with E-state index in [1.807, 2.05) is 30.3 Å². The number of aliphatic hydroxyl groups excluding tert-OH is 1. The van der Waals surface area contributed by atoms with Crippen LogP contribution in [0.3, 0.4) is 0 Å². The summed E-state index contributed by atoms with van der Waals surface area (Å²) >= 11 is 1.53. The van der Waals surface area contributed by atoms with Gasteiger partial charge in [0, 0.05) is 11.9 Å². The first-order valence-electron chi connectivity index (χ1n) is 7.10. The van der Waals surface area contributed by atoms with Crippen molar-refractivity contribution < 1.29 is 9.84 Å². The monoisotopic (exact) mass is 339 g/mol. The topological polar surface area (TPSA) is 42.4 Å². The van der Waals surface area contributed by atoms with E-state index < -0.39 is 6.10 Å². The lowest BCUT2D eigenvalue weighted by Gasteiger charge is -2.12. The molecule has 0 saturated carbocycles. The number of halogens is 1. The minimum absolute atomic E-state index is 0. The molecule has 0 aliphatic carbocycles. The number of benzene rings is 1. The molecule has 0 radical (unpaired) electrons. The van der Waals surface area contributed by atoms with E-state index in [1.165, 1.54) is 17.3 Å². The van der Waals surface area contributed by atoms with Crippen LogP contribution in [0.5, 0.6) is 5.75 Å². The Morgan fingerprint density at radius 3 is 2.45 bits per heavy atom. The molecule has 0 spiro atoms. The second kappa shape index (κ2) is 9.72. The van der Waals surface area contributed by atoms with Crippen molar-refractivity contribution in [1.82, 2.24) is 4.98 Å². The minimum atomic E-state index is -0.512. The van der Waals surface area contributed by atoms with Crippen molar-refractivity contribution in [2.24, 2.45) is 0 Å². The largest absolute Gasteiger partial charge is 0.491 e. The number of aliphatic hydroxyl groups is 1. The molecule has 2 rings (SSSR count). The van der Waals surface area contributed by atoms with Gasteiger partial charge in [-0.2, -0.15) is 0 Å². The van der Waals surface area contributed by atoms with E-state index >= 15 is 0 Å². The highest BCUT2D eigenvalue weighted by Crippen LogP contribution is 2.19. The zero-order valence-corrected chi connectivity index (χ0v) is 14.4. The zero-order valence-electron chi connectivity index (χ0n) is 12.8. The fourth-order valence-corrected chi connectivity index (χ4v) is 2.57. The molecule has 3 nitrogen and oxygen atoms in total. The smallest absolute Gasteiger partial charge is 0.119 e. The molecule has 0 aliphatic rings. The summed E-state index contributed by atoms with van der Waals surface area (Å²) in [5.41, 5.74) is 1.29. The average Bonchev–Trinajstić information content (AvgIpc) is 2.52. The van der Waals surface area contributed by atoms with Crippen LogP contribution in [0.15, 0.2) is 53.7 Å². The second-order valence-corrected chi connectivity index (χ2v) is 6.21. The zero-order chi connectivity index (χ0) is 15.1. The number of hydrogen-bond donors (Lipinski definition) is 1. The van der Waals surface area contributed by atoms with E-state index in [0.717, 1.165) is 10.8 Å². The number of thioether (sulfide) groups is 1. The molecular formula is C17H22ClNO2S. The van der Waals surface area contributed by atoms with Gasteiger partial charge in [0.2, 0.25) is 0 Å². The van der Waals surface area contributed by atoms with E-state index in [2.05, 4.69) is 31.0 Å². The Kier molecular flexibility index (Phi) is 8.31. The van der Waals surface area contributed by atoms with Crippen molar-refractivity contribution in [2.45, 2.75) is 30.9 Å². The van der Waals surface area contributed by atoms with Gasteiger partial charge in [-0.1, -0.05) is 32.0 Å². The van der Waals surface area contributed by atoms with Gasteiger partial charge in [0.05, 0.1) is 11.1 Å². The summed E-state index contributed by atoms with van der Waals surface area (Å²) in [6.07, 6.45) is 1.24. The highest BCUT2D eigenvalue weighted by atomic mass is 35.5. The molecule has 1 atom stereocenters. The number of pyridine rings is 1. The van der Waals surface area contributed by atoms with Crippen molar-refractivity contribution in [3.05, 3.63) is 54.2 Å². The van der Waals surface area contributed by atoms with E-state index in [9.17, 15) is 5.11 Å². The molecule has 1 aromatic heterocycles. The average molecular weight is 340 g/mol. The highest BCUT2D eigenvalue weighted by molar-refractivity contribution is 7.99. The molecule has 5 heteroatoms. The molecule has 0 saturated heterocycles. The van der Waals surface area contributed by atoms with E-state index in [-0.39, 0.29) is 12.4 Å². The molecule has 120 valence electrons. The summed E-state index contributed by atoms with van der Waals surface area (Å²) in [7, 11) is 0. The number of aromatic nitrogens is 1. The van der Waals surface area contributed by atoms with Crippen molar-refractivity contribution in [3.63, 3.8) is 0 Å². The number of nitrogens with zero attached hydrogens (tertiary/aromatic N) is 1. The molecule has 1 unspecified atom stereocenters. The van der Waals surface area contributed by atoms with Crippen molar-refractivity contribution >= 4 is 24.2 Å². The number of hydrogen-bond acceptors (Lipinski definition) is 4. The van der Waals surface area contributed by atoms with Gasteiger partial charge in [-0.15, -0.1) is 24.2 Å². The fourth-order valence-electron chi connectivity index (χ4n) is 1.80. The van der Waals surface area contributed by atoms with Crippen LogP contribution in [-0.2, 0) is 0 Å². The van der Waals surface area contributed by atoms with Crippen LogP contribution in [0.2, 0.25) is 0 Å². The summed E-state index contributed by atoms with van der Waals surface area (Å²) in [6, 6.07) is 13.8. The Balaban J connectivity index is 0.00000242. The van der Waals surface area contributed by atoms with Crippen LogP contribution in [0, 0.1) is 0 Å². The summed E-state index contributed by atoms with van der Waals surface area (Å²) in [4.78, 5) is 4.21. The van der Waals surface area contributed by atoms with Crippen LogP contribution in [0.25, 0.3) is 0 Å². The third-order valence-corrected chi connectivity index (χ3v) is 4.14. The molecular weight excluding hydrogens is 318 g/mol. The van der Waals surface area contributed by atoms with Gasteiger partial charge in [0.25, 0.3) is 0 Å². The summed E-state index contributed by atoms with van der Waals surface area (Å²) in [6.45, 7) is 4.61. The lowest BCUT2D eigenvalue weighted by Crippen LogP contribution is -2.20. The van der Waals surface area contributed by atoms with Crippen molar-refractivity contribution in [1.29, 1.82) is 0 Å². The quantitative estimate of drug-likeness (QED) is 0.769. The summed E-state index contributed by atoms with van der Waals surface area (Å²) in [5, 5.41) is 10.9. The Bertz CT molecular complexity index is 534. The highest BCUT2D eigenvalue weighted by Gasteiger charge is 2.07. The molecule has 0 aliphatic heterocycles. The SMILES string of the molecule is CC(C)c1ccc(OCC(O)CSc2ccccn2)cc1.Cl. The van der Waals surface area contributed by atoms with E-state index in [1.54, 1.807) is 6.20 Å². The van der Waals surface area contributed by atoms with Gasteiger partial charge in [0.15, 0.2) is 0 Å². The number of ether oxygens (including phenoxy) is 1. The van der Waals surface area contributed by atoms with Crippen molar-refractivity contribution in [3.8, 4) is 5.75 Å². The molecule has 1 aromatic carbocycles. The fraction of sp³-hybridized carbons (Fsp3) is 0.353. The summed E-state index contributed by atoms with van der Waals surface area (Å²) < 4.78 is 5.61. The van der Waals surface area contributed by atoms with Gasteiger partial charge in [-0.25, -0.2) is 4.98 Å². The van der Waals surface area contributed by atoms with Crippen LogP contribution in [0.1, 0.15) is 25.3 Å². The third-order valence-electron chi connectivity index (χ3n) is 3.05. The van der Waals surface area contributed by atoms with Crippen LogP contribution >= 0.6 is 24.2 Å². The molecule has 1 heterocycles. The van der Waals surface area contributed by atoms with Gasteiger partial charge in [0.1, 0.15) is 12.4 Å². The third kappa shape index (κ3) is 6.26. The summed E-state index contributed by atoms with van der Waals surface area (Å²) in [5.74, 6) is 1.88. The second-order valence-electron chi connectivity index (χ2n) is 5.17. The van der Waals surface area contributed by atoms with Crippen LogP contribution in [-0.4, -0.2) is 28.6 Å². The van der Waals surface area contributed by atoms with Crippen molar-refractivity contribution in [2.75, 3.05) is 12.4 Å². The van der Waals surface area contributed by atoms with Gasteiger partial charge >= 0.3 is 0 Å². The lowest BCUT2D eigenvalue weighted by atomic mass is 10.0. The maximum absolute atomic E-state index is 9.94. The predicted molar refractivity (Wildman–Crippen MR) is 94.2 cm³/mol. The van der Waals surface area contributed by atoms with Gasteiger partial charge in [-0.3, -0.25) is 0 Å². The lowest BCUT2D eigenvalue weighted by molar-refractivity contribution is 0.126. The first kappa shape index (κ1) is 18.8.